The van der Waals surface area contributed by atoms with Crippen LogP contribution < -0.4 is 15.0 Å². The number of benzene rings is 2. The molecule has 3 aromatic rings. The lowest BCUT2D eigenvalue weighted by atomic mass is 10.1. The Bertz CT molecular complexity index is 1040. The Kier molecular flexibility index (Phi) is 5.78. The number of nitrogens with one attached hydrogen (secondary N) is 1. The number of fused-ring (bicyclic) bond motifs is 1. The standard InChI is InChI=1S/C22H26N4O3/c1-28-17-7-8-20(29-2)16(13-17)14-25-9-11-26(12-10-25)15-21-23-19-6-4-3-5-18(19)22(27)24-21/h3-8,13H,9-12,14-15H2,1-2H3,(H,23,24,27). The number of ether oxygens (including phenoxy) is 2. The molecular weight excluding hydrogens is 368 g/mol. The SMILES string of the molecule is COc1ccc(OC)c(CN2CCN(Cc3nc4ccccc4c(=O)[nH]3)CC2)c1. The van der Waals surface area contributed by atoms with Crippen LogP contribution in [0.25, 0.3) is 10.9 Å². The third-order valence-corrected chi connectivity index (χ3v) is 5.38. The Balaban J connectivity index is 1.38. The first-order valence-electron chi connectivity index (χ1n) is 9.80. The Hall–Kier alpha value is -2.90. The third kappa shape index (κ3) is 4.41. The Morgan fingerprint density at radius 2 is 1.69 bits per heavy atom. The molecule has 0 atom stereocenters. The molecule has 2 heterocycles. The monoisotopic (exact) mass is 394 g/mol. The zero-order valence-electron chi connectivity index (χ0n) is 16.9. The molecule has 0 aliphatic carbocycles. The summed E-state index contributed by atoms with van der Waals surface area (Å²) in [6.45, 7) is 5.19. The van der Waals surface area contributed by atoms with Gasteiger partial charge in [-0.25, -0.2) is 4.98 Å². The van der Waals surface area contributed by atoms with E-state index in [-0.39, 0.29) is 5.56 Å². The van der Waals surface area contributed by atoms with Gasteiger partial charge in [-0.1, -0.05) is 12.1 Å². The molecule has 1 fully saturated rings. The third-order valence-electron chi connectivity index (χ3n) is 5.38. The first kappa shape index (κ1) is 19.4. The summed E-state index contributed by atoms with van der Waals surface area (Å²) in [4.78, 5) is 24.5. The molecule has 1 aliphatic heterocycles. The minimum atomic E-state index is -0.0747. The number of methoxy groups -OCH3 is 2. The molecule has 7 heteroatoms. The summed E-state index contributed by atoms with van der Waals surface area (Å²) in [7, 11) is 3.37. The number of aromatic nitrogens is 2. The van der Waals surface area contributed by atoms with Crippen LogP contribution in [0, 0.1) is 0 Å². The lowest BCUT2D eigenvalue weighted by Crippen LogP contribution is -2.45. The summed E-state index contributed by atoms with van der Waals surface area (Å²) >= 11 is 0. The highest BCUT2D eigenvalue weighted by atomic mass is 16.5. The van der Waals surface area contributed by atoms with E-state index in [0.29, 0.717) is 11.9 Å². The van der Waals surface area contributed by atoms with Crippen LogP contribution >= 0.6 is 0 Å². The molecule has 7 nitrogen and oxygen atoms in total. The summed E-state index contributed by atoms with van der Waals surface area (Å²) in [5.41, 5.74) is 1.80. The second-order valence-corrected chi connectivity index (χ2v) is 7.26. The van der Waals surface area contributed by atoms with Crippen LogP contribution in [0.2, 0.25) is 0 Å². The van der Waals surface area contributed by atoms with E-state index in [9.17, 15) is 4.79 Å². The number of hydrogen-bond acceptors (Lipinski definition) is 6. The number of nitrogens with zero attached hydrogens (tertiary/aromatic N) is 3. The van der Waals surface area contributed by atoms with Crippen LogP contribution in [-0.2, 0) is 13.1 Å². The van der Waals surface area contributed by atoms with Gasteiger partial charge in [-0.15, -0.1) is 0 Å². The minimum absolute atomic E-state index is 0.0747. The molecule has 29 heavy (non-hydrogen) atoms. The second-order valence-electron chi connectivity index (χ2n) is 7.26. The quantitative estimate of drug-likeness (QED) is 0.692. The van der Waals surface area contributed by atoms with E-state index < -0.39 is 0 Å². The predicted molar refractivity (Wildman–Crippen MR) is 112 cm³/mol. The van der Waals surface area contributed by atoms with Gasteiger partial charge in [-0.3, -0.25) is 14.6 Å². The minimum Gasteiger partial charge on any atom is -0.497 e. The molecule has 0 radical (unpaired) electrons. The summed E-state index contributed by atoms with van der Waals surface area (Å²) in [5.74, 6) is 2.44. The molecule has 0 saturated carbocycles. The van der Waals surface area contributed by atoms with Crippen molar-refractivity contribution in [3.63, 3.8) is 0 Å². The smallest absolute Gasteiger partial charge is 0.258 e. The number of H-pyrrole nitrogens is 1. The average Bonchev–Trinajstić information content (AvgIpc) is 2.75. The number of rotatable bonds is 6. The molecule has 2 aromatic carbocycles. The van der Waals surface area contributed by atoms with Gasteiger partial charge in [0.25, 0.3) is 5.56 Å². The molecule has 152 valence electrons. The van der Waals surface area contributed by atoms with Gasteiger partial charge in [0.2, 0.25) is 0 Å². The Labute approximate surface area is 169 Å². The van der Waals surface area contributed by atoms with Crippen molar-refractivity contribution < 1.29 is 9.47 Å². The van der Waals surface area contributed by atoms with Crippen LogP contribution in [0.15, 0.2) is 47.3 Å². The van der Waals surface area contributed by atoms with Gasteiger partial charge < -0.3 is 14.5 Å². The Morgan fingerprint density at radius 3 is 2.41 bits per heavy atom. The van der Waals surface area contributed by atoms with E-state index in [1.807, 2.05) is 36.4 Å². The van der Waals surface area contributed by atoms with Crippen molar-refractivity contribution in [2.24, 2.45) is 0 Å². The highest BCUT2D eigenvalue weighted by Gasteiger charge is 2.19. The van der Waals surface area contributed by atoms with Crippen molar-refractivity contribution in [3.8, 4) is 11.5 Å². The van der Waals surface area contributed by atoms with Crippen molar-refractivity contribution in [1.29, 1.82) is 0 Å². The molecular formula is C22H26N4O3. The molecule has 1 N–H and O–H groups in total. The molecule has 1 aliphatic rings. The van der Waals surface area contributed by atoms with Gasteiger partial charge in [0.05, 0.1) is 31.7 Å². The molecule has 1 saturated heterocycles. The maximum atomic E-state index is 12.3. The van der Waals surface area contributed by atoms with Gasteiger partial charge in [-0.05, 0) is 30.3 Å². The number of aromatic amines is 1. The van der Waals surface area contributed by atoms with Crippen LogP contribution in [0.5, 0.6) is 11.5 Å². The lowest BCUT2D eigenvalue weighted by Gasteiger charge is -2.34. The van der Waals surface area contributed by atoms with E-state index in [1.165, 1.54) is 0 Å². The van der Waals surface area contributed by atoms with E-state index in [1.54, 1.807) is 20.3 Å². The maximum Gasteiger partial charge on any atom is 0.258 e. The second kappa shape index (κ2) is 8.63. The maximum absolute atomic E-state index is 12.3. The fourth-order valence-corrected chi connectivity index (χ4v) is 3.77. The molecule has 1 aromatic heterocycles. The van der Waals surface area contributed by atoms with Crippen molar-refractivity contribution in [3.05, 3.63) is 64.2 Å². The number of piperazine rings is 1. The van der Waals surface area contributed by atoms with Crippen LogP contribution in [0.3, 0.4) is 0 Å². The molecule has 0 spiro atoms. The summed E-state index contributed by atoms with van der Waals surface area (Å²) in [5, 5.41) is 0.633. The molecule has 0 unspecified atom stereocenters. The fraction of sp³-hybridized carbons (Fsp3) is 0.364. The van der Waals surface area contributed by atoms with Gasteiger partial charge >= 0.3 is 0 Å². The van der Waals surface area contributed by atoms with Crippen molar-refractivity contribution in [1.82, 2.24) is 19.8 Å². The van der Waals surface area contributed by atoms with Gasteiger partial charge in [0, 0.05) is 38.3 Å². The molecule has 4 rings (SSSR count). The van der Waals surface area contributed by atoms with Crippen molar-refractivity contribution >= 4 is 10.9 Å². The van der Waals surface area contributed by atoms with E-state index >= 15 is 0 Å². The van der Waals surface area contributed by atoms with Gasteiger partial charge in [-0.2, -0.15) is 0 Å². The highest BCUT2D eigenvalue weighted by Crippen LogP contribution is 2.25. The topological polar surface area (TPSA) is 70.7 Å². The highest BCUT2D eigenvalue weighted by molar-refractivity contribution is 5.77. The van der Waals surface area contributed by atoms with Crippen LogP contribution in [-0.4, -0.2) is 60.2 Å². The summed E-state index contributed by atoms with van der Waals surface area (Å²) < 4.78 is 10.8. The lowest BCUT2D eigenvalue weighted by molar-refractivity contribution is 0.119. The van der Waals surface area contributed by atoms with Crippen molar-refractivity contribution in [2.75, 3.05) is 40.4 Å². The predicted octanol–water partition coefficient (Wildman–Crippen LogP) is 2.26. The largest absolute Gasteiger partial charge is 0.497 e. The normalized spacial score (nSPS) is 15.5. The van der Waals surface area contributed by atoms with Gasteiger partial charge in [0.15, 0.2) is 0 Å². The number of para-hydroxylation sites is 1. The molecule has 0 amide bonds. The van der Waals surface area contributed by atoms with Gasteiger partial charge in [0.1, 0.15) is 17.3 Å². The van der Waals surface area contributed by atoms with E-state index in [0.717, 1.165) is 61.1 Å². The Morgan fingerprint density at radius 1 is 0.966 bits per heavy atom. The average molecular weight is 394 g/mol. The van der Waals surface area contributed by atoms with Crippen LogP contribution in [0.1, 0.15) is 11.4 Å². The van der Waals surface area contributed by atoms with E-state index in [4.69, 9.17) is 9.47 Å². The molecule has 0 bridgehead atoms. The van der Waals surface area contributed by atoms with Crippen LogP contribution in [0.4, 0.5) is 0 Å². The first-order chi connectivity index (χ1) is 14.2. The fourth-order valence-electron chi connectivity index (χ4n) is 3.77. The summed E-state index contributed by atoms with van der Waals surface area (Å²) in [6.07, 6.45) is 0. The zero-order chi connectivity index (χ0) is 20.2. The zero-order valence-corrected chi connectivity index (χ0v) is 16.9. The summed E-state index contributed by atoms with van der Waals surface area (Å²) in [6, 6.07) is 13.3. The van der Waals surface area contributed by atoms with Crippen molar-refractivity contribution in [2.45, 2.75) is 13.1 Å². The number of hydrogen-bond donors (Lipinski definition) is 1. The van der Waals surface area contributed by atoms with E-state index in [2.05, 4.69) is 19.8 Å². The first-order valence-corrected chi connectivity index (χ1v) is 9.80.